The van der Waals surface area contributed by atoms with Gasteiger partial charge in [-0.3, -0.25) is 9.69 Å². The Morgan fingerprint density at radius 3 is 2.50 bits per heavy atom. The van der Waals surface area contributed by atoms with Crippen LogP contribution in [0.2, 0.25) is 0 Å². The Kier molecular flexibility index (Phi) is 6.66. The highest BCUT2D eigenvalue weighted by Crippen LogP contribution is 2.32. The fourth-order valence-electron chi connectivity index (χ4n) is 4.39. The molecule has 0 saturated carbocycles. The van der Waals surface area contributed by atoms with Gasteiger partial charge in [0.05, 0.1) is 11.1 Å². The Hall–Kier alpha value is -3.32. The lowest BCUT2D eigenvalue weighted by atomic mass is 9.98. The molecule has 2 aromatic carbocycles. The molecule has 0 unspecified atom stereocenters. The predicted octanol–water partition coefficient (Wildman–Crippen LogP) is 4.89. The van der Waals surface area contributed by atoms with Gasteiger partial charge in [-0.1, -0.05) is 56.3 Å². The highest BCUT2D eigenvalue weighted by Gasteiger charge is 2.34. The van der Waals surface area contributed by atoms with E-state index in [1.54, 1.807) is 0 Å². The van der Waals surface area contributed by atoms with E-state index in [2.05, 4.69) is 84.3 Å². The zero-order valence-electron chi connectivity index (χ0n) is 21.0. The summed E-state index contributed by atoms with van der Waals surface area (Å²) < 4.78 is 1.88. The number of benzene rings is 2. The van der Waals surface area contributed by atoms with Crippen LogP contribution in [0.1, 0.15) is 68.2 Å². The number of nitrogens with one attached hydrogen (secondary N) is 1. The molecule has 0 aliphatic carbocycles. The zero-order valence-corrected chi connectivity index (χ0v) is 21.0. The largest absolute Gasteiger partial charge is 0.321 e. The number of aryl methyl sites for hydroxylation is 2. The number of hydrogen-bond donors (Lipinski definition) is 1. The molecule has 0 spiro atoms. The second-order valence-corrected chi connectivity index (χ2v) is 9.59. The maximum Gasteiger partial charge on any atom is 0.253 e. The Balaban J connectivity index is 1.94. The summed E-state index contributed by atoms with van der Waals surface area (Å²) >= 11 is 0. The quantitative estimate of drug-likeness (QED) is 0.407. The normalized spacial score (nSPS) is 13.0. The van der Waals surface area contributed by atoms with Gasteiger partial charge in [-0.25, -0.2) is 4.68 Å². The Bertz CT molecular complexity index is 1340. The first-order valence-corrected chi connectivity index (χ1v) is 12.0. The zero-order chi connectivity index (χ0) is 24.5. The fourth-order valence-corrected chi connectivity index (χ4v) is 4.39. The summed E-state index contributed by atoms with van der Waals surface area (Å²) in [6.07, 6.45) is 0.856. The number of nitrogens with zero attached hydrogens (tertiary/aromatic N) is 5. The van der Waals surface area contributed by atoms with Crippen molar-refractivity contribution in [2.45, 2.75) is 66.1 Å². The van der Waals surface area contributed by atoms with Crippen molar-refractivity contribution in [1.82, 2.24) is 30.1 Å². The molecule has 2 aromatic heterocycles. The van der Waals surface area contributed by atoms with Crippen molar-refractivity contribution in [2.75, 3.05) is 6.54 Å². The molecule has 34 heavy (non-hydrogen) atoms. The van der Waals surface area contributed by atoms with Gasteiger partial charge in [-0.15, -0.1) is 5.10 Å². The minimum Gasteiger partial charge on any atom is -0.321 e. The van der Waals surface area contributed by atoms with Crippen LogP contribution >= 0.6 is 0 Å². The maximum absolute atomic E-state index is 13.6. The molecule has 1 atom stereocenters. The van der Waals surface area contributed by atoms with E-state index in [-0.39, 0.29) is 11.1 Å². The monoisotopic (exact) mass is 458 g/mol. The molecule has 7 heteroatoms. The molecule has 4 rings (SSSR count). The van der Waals surface area contributed by atoms with Gasteiger partial charge in [-0.05, 0) is 79.2 Å². The number of tetrazole rings is 1. The molecule has 7 nitrogen and oxygen atoms in total. The van der Waals surface area contributed by atoms with E-state index in [0.717, 1.165) is 35.0 Å². The van der Waals surface area contributed by atoms with Crippen LogP contribution < -0.4 is 5.56 Å². The molecule has 0 saturated heterocycles. The van der Waals surface area contributed by atoms with Crippen molar-refractivity contribution in [1.29, 1.82) is 0 Å². The summed E-state index contributed by atoms with van der Waals surface area (Å²) in [5.41, 5.74) is 4.55. The molecule has 0 bridgehead atoms. The summed E-state index contributed by atoms with van der Waals surface area (Å²) in [6, 6.07) is 16.1. The van der Waals surface area contributed by atoms with E-state index < -0.39 is 6.04 Å². The summed E-state index contributed by atoms with van der Waals surface area (Å²) in [6.45, 7) is 14.0. The standard InChI is InChI=1S/C27H34N6O/c1-7-27(5,6)33-25(29-30-31-33)24(32(8-2)17-20-12-10-9-11-13-20)22-16-21-15-14-18(3)19(4)23(21)28-26(22)34/h9-16,24H,7-8,17H2,1-6H3,(H,28,34)/t24-/m1/s1. The molecule has 0 aliphatic heterocycles. The Morgan fingerprint density at radius 1 is 1.09 bits per heavy atom. The molecular weight excluding hydrogens is 424 g/mol. The minimum absolute atomic E-state index is 0.110. The van der Waals surface area contributed by atoms with E-state index in [1.165, 1.54) is 5.56 Å². The lowest BCUT2D eigenvalue weighted by Gasteiger charge is -2.33. The van der Waals surface area contributed by atoms with Crippen molar-refractivity contribution in [2.24, 2.45) is 0 Å². The second-order valence-electron chi connectivity index (χ2n) is 9.59. The van der Waals surface area contributed by atoms with Crippen molar-refractivity contribution in [3.63, 3.8) is 0 Å². The molecule has 178 valence electrons. The number of fused-ring (bicyclic) bond motifs is 1. The number of aromatic amines is 1. The van der Waals surface area contributed by atoms with Crippen LogP contribution in [0.3, 0.4) is 0 Å². The average molecular weight is 459 g/mol. The van der Waals surface area contributed by atoms with E-state index in [4.69, 9.17) is 0 Å². The molecular formula is C27H34N6O. The Morgan fingerprint density at radius 2 is 1.82 bits per heavy atom. The van der Waals surface area contributed by atoms with Gasteiger partial charge in [0.15, 0.2) is 5.82 Å². The van der Waals surface area contributed by atoms with Gasteiger partial charge in [-0.2, -0.15) is 0 Å². The van der Waals surface area contributed by atoms with Crippen LogP contribution in [0, 0.1) is 13.8 Å². The first-order chi connectivity index (χ1) is 16.3. The van der Waals surface area contributed by atoms with Crippen LogP contribution in [0.25, 0.3) is 10.9 Å². The first kappa shape index (κ1) is 23.8. The third-order valence-corrected chi connectivity index (χ3v) is 7.05. The topological polar surface area (TPSA) is 79.7 Å². The smallest absolute Gasteiger partial charge is 0.253 e. The van der Waals surface area contributed by atoms with E-state index in [1.807, 2.05) is 35.9 Å². The summed E-state index contributed by atoms with van der Waals surface area (Å²) in [5.74, 6) is 0.679. The van der Waals surface area contributed by atoms with E-state index in [0.29, 0.717) is 17.9 Å². The fraction of sp³-hybridized carbons (Fsp3) is 0.407. The van der Waals surface area contributed by atoms with Gasteiger partial charge in [0.2, 0.25) is 0 Å². The summed E-state index contributed by atoms with van der Waals surface area (Å²) in [5, 5.41) is 13.9. The third kappa shape index (κ3) is 4.40. The molecule has 0 aliphatic rings. The lowest BCUT2D eigenvalue weighted by molar-refractivity contribution is 0.197. The van der Waals surface area contributed by atoms with Gasteiger partial charge in [0, 0.05) is 12.1 Å². The molecule has 1 N–H and O–H groups in total. The number of rotatable bonds is 8. The predicted molar refractivity (Wildman–Crippen MR) is 136 cm³/mol. The highest BCUT2D eigenvalue weighted by molar-refractivity contribution is 5.83. The minimum atomic E-state index is -0.402. The summed E-state index contributed by atoms with van der Waals surface area (Å²) in [7, 11) is 0. The number of aromatic nitrogens is 5. The first-order valence-electron chi connectivity index (χ1n) is 12.0. The van der Waals surface area contributed by atoms with Crippen LogP contribution in [0.5, 0.6) is 0 Å². The van der Waals surface area contributed by atoms with Crippen LogP contribution in [0.15, 0.2) is 53.3 Å². The molecule has 0 radical (unpaired) electrons. The van der Waals surface area contributed by atoms with Crippen LogP contribution in [-0.2, 0) is 12.1 Å². The third-order valence-electron chi connectivity index (χ3n) is 7.05. The molecule has 0 fully saturated rings. The maximum atomic E-state index is 13.6. The van der Waals surface area contributed by atoms with Gasteiger partial charge >= 0.3 is 0 Å². The average Bonchev–Trinajstić information content (AvgIpc) is 3.33. The molecule has 4 aromatic rings. The number of hydrogen-bond acceptors (Lipinski definition) is 5. The van der Waals surface area contributed by atoms with E-state index in [9.17, 15) is 4.79 Å². The van der Waals surface area contributed by atoms with Gasteiger partial charge in [0.1, 0.15) is 6.04 Å². The van der Waals surface area contributed by atoms with Crippen molar-refractivity contribution >= 4 is 10.9 Å². The number of H-pyrrole nitrogens is 1. The molecule has 2 heterocycles. The van der Waals surface area contributed by atoms with Crippen molar-refractivity contribution in [3.8, 4) is 0 Å². The SMILES string of the molecule is CCN(Cc1ccccc1)[C@H](c1cc2ccc(C)c(C)c2[nH]c1=O)c1nnnn1C(C)(C)CC. The lowest BCUT2D eigenvalue weighted by Crippen LogP contribution is -2.38. The van der Waals surface area contributed by atoms with Crippen molar-refractivity contribution < 1.29 is 0 Å². The Labute approximate surface area is 200 Å². The van der Waals surface area contributed by atoms with Crippen LogP contribution in [0.4, 0.5) is 0 Å². The van der Waals surface area contributed by atoms with Crippen LogP contribution in [-0.4, -0.2) is 36.6 Å². The molecule has 0 amide bonds. The van der Waals surface area contributed by atoms with Gasteiger partial charge < -0.3 is 4.98 Å². The number of pyridine rings is 1. The second kappa shape index (κ2) is 9.50. The summed E-state index contributed by atoms with van der Waals surface area (Å²) in [4.78, 5) is 19.0. The van der Waals surface area contributed by atoms with Crippen molar-refractivity contribution in [3.05, 3.63) is 87.0 Å². The van der Waals surface area contributed by atoms with E-state index >= 15 is 0 Å². The van der Waals surface area contributed by atoms with Gasteiger partial charge in [0.25, 0.3) is 5.56 Å². The highest BCUT2D eigenvalue weighted by atomic mass is 16.1.